The smallest absolute Gasteiger partial charge is 0.244 e. The summed E-state index contributed by atoms with van der Waals surface area (Å²) in [7, 11) is 1.61. The summed E-state index contributed by atoms with van der Waals surface area (Å²) in [6.45, 7) is 1.10. The average Bonchev–Trinajstić information content (AvgIpc) is 2.43. The van der Waals surface area contributed by atoms with E-state index in [1.165, 1.54) is 0 Å². The topological polar surface area (TPSA) is 86.0 Å². The van der Waals surface area contributed by atoms with Crippen molar-refractivity contribution in [3.8, 4) is 11.3 Å². The molecular formula is C12H13Cl2N5O. The molecule has 1 aromatic heterocycles. The van der Waals surface area contributed by atoms with Crippen LogP contribution in [0.2, 0.25) is 10.0 Å². The number of aromatic nitrogens is 3. The molecule has 0 fully saturated rings. The molecule has 106 valence electrons. The van der Waals surface area contributed by atoms with Gasteiger partial charge >= 0.3 is 0 Å². The molecule has 2 aromatic rings. The SMILES string of the molecule is COCCNc1nnc(-c2cccc(Cl)c2Cl)c(N)n1. The Morgan fingerprint density at radius 2 is 2.10 bits per heavy atom. The minimum Gasteiger partial charge on any atom is -0.383 e. The molecule has 0 atom stereocenters. The Morgan fingerprint density at radius 1 is 1.30 bits per heavy atom. The molecule has 2 rings (SSSR count). The van der Waals surface area contributed by atoms with Crippen LogP contribution >= 0.6 is 23.2 Å². The second-order valence-electron chi connectivity index (χ2n) is 3.89. The highest BCUT2D eigenvalue weighted by molar-refractivity contribution is 6.43. The van der Waals surface area contributed by atoms with Crippen molar-refractivity contribution in [2.45, 2.75) is 0 Å². The lowest BCUT2D eigenvalue weighted by Crippen LogP contribution is -2.12. The van der Waals surface area contributed by atoms with Gasteiger partial charge in [0.05, 0.1) is 16.7 Å². The van der Waals surface area contributed by atoms with Crippen LogP contribution in [0.5, 0.6) is 0 Å². The van der Waals surface area contributed by atoms with Gasteiger partial charge in [0.2, 0.25) is 5.95 Å². The fraction of sp³-hybridized carbons (Fsp3) is 0.250. The van der Waals surface area contributed by atoms with Crippen molar-refractivity contribution in [1.82, 2.24) is 15.2 Å². The van der Waals surface area contributed by atoms with E-state index in [1.807, 2.05) is 0 Å². The van der Waals surface area contributed by atoms with Gasteiger partial charge in [0.15, 0.2) is 5.82 Å². The van der Waals surface area contributed by atoms with Crippen LogP contribution in [0.4, 0.5) is 11.8 Å². The molecule has 0 unspecified atom stereocenters. The standard InChI is InChI=1S/C12H13Cl2N5O/c1-20-6-5-16-12-17-11(15)10(18-19-12)7-3-2-4-8(13)9(7)14/h2-4H,5-6H2,1H3,(H3,15,16,17,19). The largest absolute Gasteiger partial charge is 0.383 e. The zero-order chi connectivity index (χ0) is 14.5. The molecule has 1 aromatic carbocycles. The number of methoxy groups -OCH3 is 1. The minimum absolute atomic E-state index is 0.226. The van der Waals surface area contributed by atoms with E-state index in [4.69, 9.17) is 33.7 Å². The van der Waals surface area contributed by atoms with Gasteiger partial charge in [-0.05, 0) is 6.07 Å². The van der Waals surface area contributed by atoms with Gasteiger partial charge in [-0.3, -0.25) is 0 Å². The lowest BCUT2D eigenvalue weighted by molar-refractivity contribution is 0.210. The lowest BCUT2D eigenvalue weighted by atomic mass is 10.1. The molecule has 0 saturated carbocycles. The zero-order valence-corrected chi connectivity index (χ0v) is 12.2. The van der Waals surface area contributed by atoms with Gasteiger partial charge < -0.3 is 15.8 Å². The van der Waals surface area contributed by atoms with Crippen molar-refractivity contribution in [2.24, 2.45) is 0 Å². The second kappa shape index (κ2) is 6.69. The van der Waals surface area contributed by atoms with Crippen LogP contribution in [0.3, 0.4) is 0 Å². The molecular weight excluding hydrogens is 301 g/mol. The molecule has 0 aliphatic carbocycles. The summed E-state index contributed by atoms with van der Waals surface area (Å²) in [6, 6.07) is 5.20. The van der Waals surface area contributed by atoms with Crippen molar-refractivity contribution in [3.63, 3.8) is 0 Å². The van der Waals surface area contributed by atoms with E-state index in [2.05, 4.69) is 20.5 Å². The number of anilines is 2. The number of benzene rings is 1. The third-order valence-corrected chi connectivity index (χ3v) is 3.33. The molecule has 0 spiro atoms. The fourth-order valence-electron chi connectivity index (χ4n) is 1.56. The van der Waals surface area contributed by atoms with Crippen LogP contribution in [0, 0.1) is 0 Å². The van der Waals surface area contributed by atoms with Crippen molar-refractivity contribution >= 4 is 35.0 Å². The average molecular weight is 314 g/mol. The van der Waals surface area contributed by atoms with E-state index in [1.54, 1.807) is 25.3 Å². The number of rotatable bonds is 5. The summed E-state index contributed by atoms with van der Waals surface area (Å²) in [6.07, 6.45) is 0. The Bertz CT molecular complexity index is 608. The highest BCUT2D eigenvalue weighted by atomic mass is 35.5. The summed E-state index contributed by atoms with van der Waals surface area (Å²) in [5.74, 6) is 0.561. The molecule has 6 nitrogen and oxygen atoms in total. The van der Waals surface area contributed by atoms with Crippen LogP contribution in [-0.4, -0.2) is 35.4 Å². The molecule has 20 heavy (non-hydrogen) atoms. The van der Waals surface area contributed by atoms with E-state index >= 15 is 0 Å². The lowest BCUT2D eigenvalue weighted by Gasteiger charge is -2.08. The van der Waals surface area contributed by atoms with Gasteiger partial charge in [-0.2, -0.15) is 4.98 Å². The molecule has 0 aliphatic rings. The zero-order valence-electron chi connectivity index (χ0n) is 10.7. The van der Waals surface area contributed by atoms with Gasteiger partial charge in [-0.1, -0.05) is 35.3 Å². The quantitative estimate of drug-likeness (QED) is 0.825. The number of halogens is 2. The predicted molar refractivity (Wildman–Crippen MR) is 80.1 cm³/mol. The van der Waals surface area contributed by atoms with Gasteiger partial charge in [-0.25, -0.2) is 0 Å². The number of ether oxygens (including phenoxy) is 1. The summed E-state index contributed by atoms with van der Waals surface area (Å²) >= 11 is 12.1. The first-order chi connectivity index (χ1) is 9.63. The molecule has 0 radical (unpaired) electrons. The van der Waals surface area contributed by atoms with Crippen molar-refractivity contribution in [3.05, 3.63) is 28.2 Å². The third kappa shape index (κ3) is 3.27. The fourth-order valence-corrected chi connectivity index (χ4v) is 1.95. The van der Waals surface area contributed by atoms with E-state index in [0.29, 0.717) is 40.4 Å². The highest BCUT2D eigenvalue weighted by Gasteiger charge is 2.13. The summed E-state index contributed by atoms with van der Waals surface area (Å²) < 4.78 is 4.91. The van der Waals surface area contributed by atoms with Crippen LogP contribution < -0.4 is 11.1 Å². The van der Waals surface area contributed by atoms with E-state index in [-0.39, 0.29) is 5.82 Å². The molecule has 1 heterocycles. The summed E-state index contributed by atoms with van der Waals surface area (Å²) in [4.78, 5) is 4.13. The number of nitrogens with zero attached hydrogens (tertiary/aromatic N) is 3. The molecule has 0 aliphatic heterocycles. The number of hydrogen-bond donors (Lipinski definition) is 2. The Labute approximate surface area is 126 Å². The van der Waals surface area contributed by atoms with E-state index in [0.717, 1.165) is 0 Å². The van der Waals surface area contributed by atoms with Gasteiger partial charge in [0.1, 0.15) is 5.69 Å². The number of hydrogen-bond acceptors (Lipinski definition) is 6. The van der Waals surface area contributed by atoms with Crippen LogP contribution in [0.15, 0.2) is 18.2 Å². The molecule has 0 bridgehead atoms. The number of nitrogens with one attached hydrogen (secondary N) is 1. The summed E-state index contributed by atoms with van der Waals surface area (Å²) in [5.41, 5.74) is 6.89. The molecule has 0 saturated heterocycles. The van der Waals surface area contributed by atoms with Gasteiger partial charge in [0, 0.05) is 19.2 Å². The van der Waals surface area contributed by atoms with Crippen molar-refractivity contribution in [2.75, 3.05) is 31.3 Å². The van der Waals surface area contributed by atoms with E-state index in [9.17, 15) is 0 Å². The van der Waals surface area contributed by atoms with Gasteiger partial charge in [-0.15, -0.1) is 10.2 Å². The normalized spacial score (nSPS) is 10.6. The minimum atomic E-state index is 0.226. The highest BCUT2D eigenvalue weighted by Crippen LogP contribution is 2.34. The van der Waals surface area contributed by atoms with Crippen molar-refractivity contribution < 1.29 is 4.74 Å². The maximum absolute atomic E-state index is 6.13. The summed E-state index contributed by atoms with van der Waals surface area (Å²) in [5, 5.41) is 11.7. The first kappa shape index (κ1) is 14.8. The monoisotopic (exact) mass is 313 g/mol. The Hall–Kier alpha value is -1.63. The first-order valence-electron chi connectivity index (χ1n) is 5.81. The van der Waals surface area contributed by atoms with Crippen LogP contribution in [-0.2, 0) is 4.74 Å². The second-order valence-corrected chi connectivity index (χ2v) is 4.68. The van der Waals surface area contributed by atoms with E-state index < -0.39 is 0 Å². The third-order valence-electron chi connectivity index (χ3n) is 2.51. The Morgan fingerprint density at radius 3 is 2.80 bits per heavy atom. The number of nitrogens with two attached hydrogens (primary N) is 1. The molecule has 0 amide bonds. The van der Waals surface area contributed by atoms with Crippen LogP contribution in [0.1, 0.15) is 0 Å². The number of nitrogen functional groups attached to an aromatic ring is 1. The predicted octanol–water partition coefficient (Wildman–Crippen LogP) is 2.49. The Kier molecular flexibility index (Phi) is 4.94. The first-order valence-corrected chi connectivity index (χ1v) is 6.56. The van der Waals surface area contributed by atoms with Crippen LogP contribution in [0.25, 0.3) is 11.3 Å². The van der Waals surface area contributed by atoms with Gasteiger partial charge in [0.25, 0.3) is 0 Å². The Balaban J connectivity index is 2.27. The maximum atomic E-state index is 6.13. The maximum Gasteiger partial charge on any atom is 0.244 e. The molecule has 8 heteroatoms. The molecule has 3 N–H and O–H groups in total. The van der Waals surface area contributed by atoms with Crippen molar-refractivity contribution in [1.29, 1.82) is 0 Å².